The molecule has 0 amide bonds. The Morgan fingerprint density at radius 1 is 1.24 bits per heavy atom. The molecular formula is C12H14N2O3. The number of nitrogen functional groups attached to an aromatic ring is 1. The molecule has 2 N–H and O–H groups in total. The van der Waals surface area contributed by atoms with Crippen LogP contribution in [0, 0.1) is 6.92 Å². The minimum Gasteiger partial charge on any atom is -0.493 e. The van der Waals surface area contributed by atoms with Crippen LogP contribution in [0.25, 0.3) is 11.1 Å². The van der Waals surface area contributed by atoms with Gasteiger partial charge in [-0.25, -0.2) is 0 Å². The first-order valence-corrected chi connectivity index (χ1v) is 5.10. The summed E-state index contributed by atoms with van der Waals surface area (Å²) in [6.45, 7) is 1.94. The van der Waals surface area contributed by atoms with Crippen LogP contribution in [-0.4, -0.2) is 19.4 Å². The summed E-state index contributed by atoms with van der Waals surface area (Å²) in [6.07, 6.45) is 1.58. The Labute approximate surface area is 99.1 Å². The molecule has 0 aliphatic carbocycles. The molecule has 0 spiro atoms. The number of benzene rings is 1. The summed E-state index contributed by atoms with van der Waals surface area (Å²) in [4.78, 5) is 0. The van der Waals surface area contributed by atoms with Gasteiger partial charge in [-0.05, 0) is 30.2 Å². The van der Waals surface area contributed by atoms with Gasteiger partial charge in [-0.1, -0.05) is 5.16 Å². The second-order valence-corrected chi connectivity index (χ2v) is 3.63. The number of anilines is 1. The van der Waals surface area contributed by atoms with Gasteiger partial charge in [0.25, 0.3) is 0 Å². The summed E-state index contributed by atoms with van der Waals surface area (Å²) >= 11 is 0. The highest BCUT2D eigenvalue weighted by molar-refractivity contribution is 5.75. The molecule has 0 unspecified atom stereocenters. The first-order valence-electron chi connectivity index (χ1n) is 5.10. The van der Waals surface area contributed by atoms with Crippen molar-refractivity contribution in [2.45, 2.75) is 6.92 Å². The van der Waals surface area contributed by atoms with Crippen LogP contribution in [-0.2, 0) is 0 Å². The lowest BCUT2D eigenvalue weighted by Gasteiger charge is -2.12. The van der Waals surface area contributed by atoms with E-state index in [1.54, 1.807) is 20.4 Å². The number of hydrogen-bond acceptors (Lipinski definition) is 5. The van der Waals surface area contributed by atoms with Crippen LogP contribution < -0.4 is 15.2 Å². The second-order valence-electron chi connectivity index (χ2n) is 3.63. The van der Waals surface area contributed by atoms with Crippen molar-refractivity contribution >= 4 is 5.88 Å². The number of rotatable bonds is 3. The summed E-state index contributed by atoms with van der Waals surface area (Å²) in [7, 11) is 3.20. The van der Waals surface area contributed by atoms with Gasteiger partial charge in [-0.15, -0.1) is 0 Å². The molecule has 0 fully saturated rings. The Balaban J connectivity index is 2.58. The maximum Gasteiger partial charge on any atom is 0.229 e. The molecule has 0 atom stereocenters. The molecule has 1 heterocycles. The Bertz CT molecular complexity index is 535. The standard InChI is InChI=1S/C12H14N2O3/c1-7-4-8(9-6-14-17-12(9)13)5-10(15-2)11(7)16-3/h4-6H,13H2,1-3H3. The minimum atomic E-state index is 0.289. The molecule has 0 radical (unpaired) electrons. The van der Waals surface area contributed by atoms with Crippen LogP contribution in [0.4, 0.5) is 5.88 Å². The number of methoxy groups -OCH3 is 2. The fourth-order valence-corrected chi connectivity index (χ4v) is 1.78. The zero-order chi connectivity index (χ0) is 12.4. The molecule has 5 heteroatoms. The third-order valence-corrected chi connectivity index (χ3v) is 2.57. The quantitative estimate of drug-likeness (QED) is 0.881. The predicted octanol–water partition coefficient (Wildman–Crippen LogP) is 2.25. The van der Waals surface area contributed by atoms with E-state index in [1.165, 1.54) is 0 Å². The van der Waals surface area contributed by atoms with Gasteiger partial charge in [0.05, 0.1) is 26.0 Å². The van der Waals surface area contributed by atoms with E-state index in [9.17, 15) is 0 Å². The van der Waals surface area contributed by atoms with Gasteiger partial charge in [-0.2, -0.15) is 0 Å². The number of hydrogen-bond donors (Lipinski definition) is 1. The molecule has 0 aliphatic heterocycles. The van der Waals surface area contributed by atoms with Crippen molar-refractivity contribution in [3.63, 3.8) is 0 Å². The SMILES string of the molecule is COc1cc(-c2cnoc2N)cc(C)c1OC. The van der Waals surface area contributed by atoms with E-state index in [0.29, 0.717) is 11.5 Å². The maximum absolute atomic E-state index is 5.68. The molecule has 0 bridgehead atoms. The van der Waals surface area contributed by atoms with Crippen LogP contribution in [0.3, 0.4) is 0 Å². The molecule has 90 valence electrons. The lowest BCUT2D eigenvalue weighted by Crippen LogP contribution is -1.94. The lowest BCUT2D eigenvalue weighted by molar-refractivity contribution is 0.353. The molecule has 2 rings (SSSR count). The van der Waals surface area contributed by atoms with Crippen molar-refractivity contribution in [2.24, 2.45) is 0 Å². The minimum absolute atomic E-state index is 0.289. The third-order valence-electron chi connectivity index (χ3n) is 2.57. The van der Waals surface area contributed by atoms with E-state index in [1.807, 2.05) is 19.1 Å². The van der Waals surface area contributed by atoms with E-state index in [4.69, 9.17) is 19.7 Å². The van der Waals surface area contributed by atoms with Crippen molar-refractivity contribution in [3.8, 4) is 22.6 Å². The fourth-order valence-electron chi connectivity index (χ4n) is 1.78. The molecular weight excluding hydrogens is 220 g/mol. The van der Waals surface area contributed by atoms with Crippen LogP contribution >= 0.6 is 0 Å². The number of ether oxygens (including phenoxy) is 2. The van der Waals surface area contributed by atoms with E-state index in [-0.39, 0.29) is 5.88 Å². The first kappa shape index (κ1) is 11.3. The van der Waals surface area contributed by atoms with Crippen molar-refractivity contribution in [1.82, 2.24) is 5.16 Å². The molecule has 0 saturated carbocycles. The van der Waals surface area contributed by atoms with Gasteiger partial charge in [0.1, 0.15) is 0 Å². The van der Waals surface area contributed by atoms with E-state index >= 15 is 0 Å². The summed E-state index contributed by atoms with van der Waals surface area (Å²) in [5.41, 5.74) is 8.28. The molecule has 2 aromatic rings. The fraction of sp³-hybridized carbons (Fsp3) is 0.250. The van der Waals surface area contributed by atoms with Crippen molar-refractivity contribution in [1.29, 1.82) is 0 Å². The smallest absolute Gasteiger partial charge is 0.229 e. The highest BCUT2D eigenvalue weighted by Gasteiger charge is 2.13. The van der Waals surface area contributed by atoms with Gasteiger partial charge in [0.2, 0.25) is 5.88 Å². The van der Waals surface area contributed by atoms with Gasteiger partial charge < -0.3 is 19.7 Å². The van der Waals surface area contributed by atoms with Crippen LogP contribution in [0.5, 0.6) is 11.5 Å². The molecule has 0 saturated heterocycles. The van der Waals surface area contributed by atoms with E-state index in [0.717, 1.165) is 16.7 Å². The second kappa shape index (κ2) is 4.37. The topological polar surface area (TPSA) is 70.5 Å². The van der Waals surface area contributed by atoms with Gasteiger partial charge >= 0.3 is 0 Å². The van der Waals surface area contributed by atoms with Gasteiger partial charge in [-0.3, -0.25) is 0 Å². The first-order chi connectivity index (χ1) is 8.17. The van der Waals surface area contributed by atoms with Gasteiger partial charge in [0, 0.05) is 0 Å². The number of nitrogens with zero attached hydrogens (tertiary/aromatic N) is 1. The van der Waals surface area contributed by atoms with Crippen LogP contribution in [0.1, 0.15) is 5.56 Å². The predicted molar refractivity (Wildman–Crippen MR) is 64.2 cm³/mol. The van der Waals surface area contributed by atoms with E-state index in [2.05, 4.69) is 5.16 Å². The summed E-state index contributed by atoms with van der Waals surface area (Å²) in [5, 5.41) is 3.65. The largest absolute Gasteiger partial charge is 0.493 e. The molecule has 1 aromatic heterocycles. The van der Waals surface area contributed by atoms with Crippen molar-refractivity contribution in [3.05, 3.63) is 23.9 Å². The lowest BCUT2D eigenvalue weighted by atomic mass is 10.0. The van der Waals surface area contributed by atoms with Crippen molar-refractivity contribution < 1.29 is 14.0 Å². The Hall–Kier alpha value is -2.17. The van der Waals surface area contributed by atoms with Crippen molar-refractivity contribution in [2.75, 3.05) is 20.0 Å². The monoisotopic (exact) mass is 234 g/mol. The van der Waals surface area contributed by atoms with E-state index < -0.39 is 0 Å². The molecule has 17 heavy (non-hydrogen) atoms. The average Bonchev–Trinajstić information content (AvgIpc) is 2.74. The Morgan fingerprint density at radius 3 is 2.53 bits per heavy atom. The average molecular weight is 234 g/mol. The zero-order valence-electron chi connectivity index (χ0n) is 9.98. The van der Waals surface area contributed by atoms with Gasteiger partial charge in [0.15, 0.2) is 11.5 Å². The maximum atomic E-state index is 5.68. The van der Waals surface area contributed by atoms with Crippen LogP contribution in [0.15, 0.2) is 22.9 Å². The molecule has 5 nitrogen and oxygen atoms in total. The third kappa shape index (κ3) is 1.91. The molecule has 0 aliphatic rings. The van der Waals surface area contributed by atoms with Crippen LogP contribution in [0.2, 0.25) is 0 Å². The highest BCUT2D eigenvalue weighted by Crippen LogP contribution is 2.37. The zero-order valence-corrected chi connectivity index (χ0v) is 9.98. The number of aromatic nitrogens is 1. The normalized spacial score (nSPS) is 10.3. The Morgan fingerprint density at radius 2 is 2.00 bits per heavy atom. The summed E-state index contributed by atoms with van der Waals surface area (Å²) in [5.74, 6) is 1.66. The summed E-state index contributed by atoms with van der Waals surface area (Å²) < 4.78 is 15.4. The number of aryl methyl sites for hydroxylation is 1. The highest BCUT2D eigenvalue weighted by atomic mass is 16.5. The Kier molecular flexibility index (Phi) is 2.91. The number of nitrogens with two attached hydrogens (primary N) is 1. The molecule has 1 aromatic carbocycles. The summed E-state index contributed by atoms with van der Waals surface area (Å²) in [6, 6.07) is 3.79.